The van der Waals surface area contributed by atoms with Crippen LogP contribution >= 0.6 is 0 Å². The van der Waals surface area contributed by atoms with E-state index >= 15 is 0 Å². The van der Waals surface area contributed by atoms with Crippen LogP contribution in [-0.2, 0) is 14.3 Å². The summed E-state index contributed by atoms with van der Waals surface area (Å²) >= 11 is 0. The monoisotopic (exact) mass is 199 g/mol. The number of ether oxygens (including phenoxy) is 1. The van der Waals surface area contributed by atoms with Crippen LogP contribution in [-0.4, -0.2) is 25.0 Å². The molecule has 1 aliphatic rings. The molecule has 1 fully saturated rings. The Bertz CT molecular complexity index is 215. The Morgan fingerprint density at radius 1 is 1.64 bits per heavy atom. The van der Waals surface area contributed by atoms with E-state index in [1.54, 1.807) is 0 Å². The van der Waals surface area contributed by atoms with Crippen LogP contribution < -0.4 is 5.32 Å². The van der Waals surface area contributed by atoms with Crippen LogP contribution in [0.2, 0.25) is 0 Å². The van der Waals surface area contributed by atoms with Gasteiger partial charge in [0.25, 0.3) is 0 Å². The Labute approximate surface area is 84.0 Å². The zero-order chi connectivity index (χ0) is 10.4. The average Bonchev–Trinajstić information content (AvgIpc) is 2.52. The maximum atomic E-state index is 11.2. The van der Waals surface area contributed by atoms with Crippen molar-refractivity contribution in [1.82, 2.24) is 5.32 Å². The Hall–Kier alpha value is -1.06. The van der Waals surface area contributed by atoms with E-state index < -0.39 is 0 Å². The van der Waals surface area contributed by atoms with Crippen molar-refractivity contribution in [1.29, 1.82) is 0 Å². The molecule has 1 unspecified atom stereocenters. The van der Waals surface area contributed by atoms with Crippen LogP contribution in [0.5, 0.6) is 0 Å². The van der Waals surface area contributed by atoms with Crippen LogP contribution in [0.1, 0.15) is 32.6 Å². The van der Waals surface area contributed by atoms with Crippen LogP contribution in [0.4, 0.5) is 0 Å². The zero-order valence-corrected chi connectivity index (χ0v) is 8.54. The van der Waals surface area contributed by atoms with E-state index in [0.717, 1.165) is 19.3 Å². The molecular formula is C10H17NO3. The minimum absolute atomic E-state index is 0.0163. The maximum Gasteiger partial charge on any atom is 0.306 e. The number of hydrogen-bond donors (Lipinski definition) is 1. The van der Waals surface area contributed by atoms with Gasteiger partial charge in [-0.1, -0.05) is 13.3 Å². The van der Waals surface area contributed by atoms with E-state index in [1.165, 1.54) is 0 Å². The topological polar surface area (TPSA) is 55.4 Å². The highest BCUT2D eigenvalue weighted by molar-refractivity contribution is 5.85. The molecule has 0 aromatic carbocycles. The maximum absolute atomic E-state index is 11.2. The van der Waals surface area contributed by atoms with E-state index in [2.05, 4.69) is 5.32 Å². The molecule has 4 heteroatoms. The predicted octanol–water partition coefficient (Wildman–Crippen LogP) is 0.856. The first kappa shape index (κ1) is 11.0. The molecule has 0 aliphatic carbocycles. The van der Waals surface area contributed by atoms with E-state index in [-0.39, 0.29) is 24.2 Å². The first-order valence-electron chi connectivity index (χ1n) is 5.17. The Morgan fingerprint density at radius 2 is 2.43 bits per heavy atom. The second-order valence-corrected chi connectivity index (χ2v) is 3.55. The number of esters is 1. The highest BCUT2D eigenvalue weighted by Crippen LogP contribution is 2.14. The third-order valence-corrected chi connectivity index (χ3v) is 2.34. The summed E-state index contributed by atoms with van der Waals surface area (Å²) in [5.74, 6) is -0.429. The van der Waals surface area contributed by atoms with Gasteiger partial charge in [0.2, 0.25) is 5.91 Å². The summed E-state index contributed by atoms with van der Waals surface area (Å²) in [6.07, 6.45) is 2.89. The minimum Gasteiger partial charge on any atom is -0.466 e. The van der Waals surface area contributed by atoms with Crippen molar-refractivity contribution in [3.63, 3.8) is 0 Å². The molecule has 80 valence electrons. The third kappa shape index (κ3) is 3.36. The predicted molar refractivity (Wildman–Crippen MR) is 51.6 cm³/mol. The molecule has 1 N–H and O–H groups in total. The number of carbonyl (C=O) groups excluding carboxylic acids is 2. The minimum atomic E-state index is -0.250. The highest BCUT2D eigenvalue weighted by Gasteiger charge is 2.26. The normalized spacial score (nSPS) is 20.6. The van der Waals surface area contributed by atoms with Gasteiger partial charge in [-0.25, -0.2) is 0 Å². The van der Waals surface area contributed by atoms with Gasteiger partial charge in [0.15, 0.2) is 0 Å². The Kier molecular flexibility index (Phi) is 4.43. The van der Waals surface area contributed by atoms with Gasteiger partial charge in [0, 0.05) is 6.54 Å². The smallest absolute Gasteiger partial charge is 0.306 e. The molecule has 1 rings (SSSR count). The fourth-order valence-corrected chi connectivity index (χ4v) is 1.43. The van der Waals surface area contributed by atoms with Gasteiger partial charge in [-0.05, 0) is 12.8 Å². The van der Waals surface area contributed by atoms with Crippen molar-refractivity contribution < 1.29 is 14.3 Å². The van der Waals surface area contributed by atoms with Crippen LogP contribution in [0.25, 0.3) is 0 Å². The molecule has 1 atom stereocenters. The largest absolute Gasteiger partial charge is 0.466 e. The molecule has 0 aromatic heterocycles. The Morgan fingerprint density at radius 3 is 3.00 bits per heavy atom. The lowest BCUT2D eigenvalue weighted by molar-refractivity contribution is -0.146. The Balaban J connectivity index is 2.16. The molecular weight excluding hydrogens is 182 g/mol. The van der Waals surface area contributed by atoms with Crippen LogP contribution in [0.15, 0.2) is 0 Å². The zero-order valence-electron chi connectivity index (χ0n) is 8.54. The van der Waals surface area contributed by atoms with Gasteiger partial charge >= 0.3 is 5.97 Å². The molecule has 1 aliphatic heterocycles. The molecule has 14 heavy (non-hydrogen) atoms. The second-order valence-electron chi connectivity index (χ2n) is 3.55. The summed E-state index contributed by atoms with van der Waals surface area (Å²) in [7, 11) is 0. The van der Waals surface area contributed by atoms with Gasteiger partial charge in [0.05, 0.1) is 18.9 Å². The molecule has 0 saturated carbocycles. The van der Waals surface area contributed by atoms with Gasteiger partial charge < -0.3 is 10.1 Å². The van der Waals surface area contributed by atoms with E-state index in [9.17, 15) is 9.59 Å². The quantitative estimate of drug-likeness (QED) is 0.527. The molecule has 0 spiro atoms. The van der Waals surface area contributed by atoms with Crippen molar-refractivity contribution in [2.75, 3.05) is 13.2 Å². The van der Waals surface area contributed by atoms with Gasteiger partial charge in [-0.3, -0.25) is 9.59 Å². The van der Waals surface area contributed by atoms with Crippen LogP contribution in [0, 0.1) is 5.92 Å². The van der Waals surface area contributed by atoms with Crippen LogP contribution in [0.3, 0.4) is 0 Å². The third-order valence-electron chi connectivity index (χ3n) is 2.34. The second kappa shape index (κ2) is 5.62. The van der Waals surface area contributed by atoms with Crippen molar-refractivity contribution in [3.8, 4) is 0 Å². The van der Waals surface area contributed by atoms with Gasteiger partial charge in [-0.2, -0.15) is 0 Å². The molecule has 4 nitrogen and oxygen atoms in total. The standard InChI is InChI=1S/C10H17NO3/c1-2-3-6-14-9(12)7-8-4-5-11-10(8)13/h8H,2-7H2,1H3,(H,11,13). The SMILES string of the molecule is CCCCOC(=O)CC1CCNC1=O. The lowest BCUT2D eigenvalue weighted by atomic mass is 10.0. The number of rotatable bonds is 5. The van der Waals surface area contributed by atoms with E-state index in [4.69, 9.17) is 4.74 Å². The van der Waals surface area contributed by atoms with Gasteiger partial charge in [0.1, 0.15) is 0 Å². The molecule has 0 aromatic rings. The lowest BCUT2D eigenvalue weighted by Crippen LogP contribution is -2.22. The van der Waals surface area contributed by atoms with Crippen molar-refractivity contribution in [2.45, 2.75) is 32.6 Å². The lowest BCUT2D eigenvalue weighted by Gasteiger charge is -2.06. The summed E-state index contributed by atoms with van der Waals surface area (Å²) in [5.41, 5.74) is 0. The molecule has 1 saturated heterocycles. The molecule has 0 bridgehead atoms. The fourth-order valence-electron chi connectivity index (χ4n) is 1.43. The fraction of sp³-hybridized carbons (Fsp3) is 0.800. The summed E-state index contributed by atoms with van der Waals surface area (Å²) < 4.78 is 4.97. The number of carbonyl (C=O) groups is 2. The molecule has 1 amide bonds. The molecule has 1 heterocycles. The number of amides is 1. The van der Waals surface area contributed by atoms with Gasteiger partial charge in [-0.15, -0.1) is 0 Å². The average molecular weight is 199 g/mol. The summed E-state index contributed by atoms with van der Waals surface area (Å²) in [6.45, 7) is 3.20. The molecule has 0 radical (unpaired) electrons. The highest BCUT2D eigenvalue weighted by atomic mass is 16.5. The number of hydrogen-bond acceptors (Lipinski definition) is 3. The van der Waals surface area contributed by atoms with Crippen molar-refractivity contribution in [2.24, 2.45) is 5.92 Å². The first-order valence-corrected chi connectivity index (χ1v) is 5.17. The van der Waals surface area contributed by atoms with Crippen molar-refractivity contribution in [3.05, 3.63) is 0 Å². The summed E-state index contributed by atoms with van der Waals surface area (Å²) in [4.78, 5) is 22.3. The van der Waals surface area contributed by atoms with E-state index in [0.29, 0.717) is 13.2 Å². The van der Waals surface area contributed by atoms with E-state index in [1.807, 2.05) is 6.92 Å². The first-order chi connectivity index (χ1) is 6.74. The summed E-state index contributed by atoms with van der Waals surface area (Å²) in [6, 6.07) is 0. The summed E-state index contributed by atoms with van der Waals surface area (Å²) in [5, 5.41) is 2.70. The number of nitrogens with one attached hydrogen (secondary N) is 1. The number of unbranched alkanes of at least 4 members (excludes halogenated alkanes) is 1. The van der Waals surface area contributed by atoms with Crippen molar-refractivity contribution >= 4 is 11.9 Å².